The zero-order valence-corrected chi connectivity index (χ0v) is 19.1. The van der Waals surface area contributed by atoms with E-state index in [2.05, 4.69) is 0 Å². The lowest BCUT2D eigenvalue weighted by atomic mass is 9.27. The number of aryl methyl sites for hydroxylation is 1. The van der Waals surface area contributed by atoms with Gasteiger partial charge in [0.05, 0.1) is 0 Å². The minimum Gasteiger partial charge on any atom is -0.624 e. The first-order chi connectivity index (χ1) is 19.0. The second-order valence-corrected chi connectivity index (χ2v) is 8.14. The standard InChI is InChI=1S/C22H4BF15NO2/c1-3-2-39-22(40-3)41-23(4-7(24)13(30)19(36)14(31)8(4)25,5-9(26)15(32)20(37)16(33)10(5)27)6-11(28)17(34)21(38)18(35)12(6)29/h2H,1H3/q-1/p+1. The molecule has 1 aromatic heterocycles. The van der Waals surface area contributed by atoms with Crippen LogP contribution in [0.15, 0.2) is 10.6 Å². The average molecular weight is 611 g/mol. The van der Waals surface area contributed by atoms with Gasteiger partial charge in [-0.1, -0.05) is 16.4 Å². The van der Waals surface area contributed by atoms with Crippen molar-refractivity contribution in [2.45, 2.75) is 6.92 Å². The first-order valence-electron chi connectivity index (χ1n) is 10.4. The number of aromatic amines is 1. The van der Waals surface area contributed by atoms with Crippen molar-refractivity contribution in [3.8, 4) is 6.08 Å². The molecule has 3 aromatic carbocycles. The van der Waals surface area contributed by atoms with Crippen molar-refractivity contribution in [1.82, 2.24) is 0 Å². The molecule has 0 saturated heterocycles. The number of halogens is 15. The molecule has 3 nitrogen and oxygen atoms in total. The van der Waals surface area contributed by atoms with Crippen molar-refractivity contribution in [3.63, 3.8) is 0 Å². The highest BCUT2D eigenvalue weighted by atomic mass is 19.2. The predicted octanol–water partition coefficient (Wildman–Crippen LogP) is 4.53. The molecule has 0 aliphatic rings. The number of oxazole rings is 1. The van der Waals surface area contributed by atoms with Crippen LogP contribution in [0.1, 0.15) is 5.76 Å². The third-order valence-corrected chi connectivity index (χ3v) is 5.88. The van der Waals surface area contributed by atoms with Gasteiger partial charge in [-0.05, 0) is 0 Å². The number of hydrogen-bond donors (Lipinski definition) is 0. The van der Waals surface area contributed by atoms with E-state index in [1.54, 1.807) is 0 Å². The fourth-order valence-electron chi connectivity index (χ4n) is 4.13. The largest absolute Gasteiger partial charge is 0.624 e. The van der Waals surface area contributed by atoms with Crippen molar-refractivity contribution >= 4 is 22.7 Å². The van der Waals surface area contributed by atoms with Crippen molar-refractivity contribution in [2.75, 3.05) is 0 Å². The summed E-state index contributed by atoms with van der Waals surface area (Å²) in [5, 5.41) is 0. The van der Waals surface area contributed by atoms with E-state index >= 15 is 26.3 Å². The first kappa shape index (κ1) is 29.7. The molecule has 4 aromatic rings. The summed E-state index contributed by atoms with van der Waals surface area (Å²) in [7, 11) is 0. The van der Waals surface area contributed by atoms with Crippen LogP contribution in [0.4, 0.5) is 65.9 Å². The maximum atomic E-state index is 15.2. The van der Waals surface area contributed by atoms with Crippen molar-refractivity contribution < 1.29 is 79.9 Å². The molecule has 0 unspecified atom stereocenters. The normalized spacial score (nSPS) is 11.9. The van der Waals surface area contributed by atoms with E-state index in [1.165, 1.54) is 0 Å². The summed E-state index contributed by atoms with van der Waals surface area (Å²) in [6.07, 6.45) is -7.08. The van der Waals surface area contributed by atoms with Gasteiger partial charge >= 0.3 is 6.08 Å². The molecule has 0 atom stereocenters. The molecule has 1 heterocycles. The van der Waals surface area contributed by atoms with Gasteiger partial charge in [-0.3, -0.25) is 0 Å². The average Bonchev–Trinajstić information content (AvgIpc) is 3.34. The Hall–Kier alpha value is -4.32. The highest BCUT2D eigenvalue weighted by molar-refractivity contribution is 7.07. The van der Waals surface area contributed by atoms with Crippen molar-refractivity contribution in [3.05, 3.63) is 99.2 Å². The Morgan fingerprint density at radius 3 is 0.927 bits per heavy atom. The fourth-order valence-corrected chi connectivity index (χ4v) is 4.13. The summed E-state index contributed by atoms with van der Waals surface area (Å²) in [6, 6.07) is 0. The Labute approximate surface area is 215 Å². The molecule has 0 aliphatic carbocycles. The number of nitrogens with one attached hydrogen (secondary N) is 1. The van der Waals surface area contributed by atoms with Crippen LogP contribution >= 0.6 is 0 Å². The van der Waals surface area contributed by atoms with Gasteiger partial charge in [0, 0.05) is 6.92 Å². The lowest BCUT2D eigenvalue weighted by Gasteiger charge is -2.42. The third kappa shape index (κ3) is 4.07. The molecule has 0 bridgehead atoms. The topological polar surface area (TPSA) is 36.5 Å². The number of rotatable bonds is 5. The molecule has 19 heteroatoms. The maximum Gasteiger partial charge on any atom is 0.509 e. The second-order valence-electron chi connectivity index (χ2n) is 8.14. The quantitative estimate of drug-likeness (QED) is 0.144. The molecule has 0 fully saturated rings. The lowest BCUT2D eigenvalue weighted by molar-refractivity contribution is -0.395. The molecule has 1 N–H and O–H groups in total. The minimum atomic E-state index is -6.21. The number of H-pyrrole nitrogens is 1. The smallest absolute Gasteiger partial charge is 0.509 e. The van der Waals surface area contributed by atoms with E-state index in [0.29, 0.717) is 6.20 Å². The van der Waals surface area contributed by atoms with Crippen LogP contribution in [0.3, 0.4) is 0 Å². The number of aromatic nitrogens is 1. The van der Waals surface area contributed by atoms with E-state index in [0.717, 1.165) is 6.92 Å². The van der Waals surface area contributed by atoms with Crippen molar-refractivity contribution in [1.29, 1.82) is 0 Å². The Balaban J connectivity index is 2.47. The summed E-state index contributed by atoms with van der Waals surface area (Å²) in [5.41, 5.74) is -8.76. The van der Waals surface area contributed by atoms with Gasteiger partial charge in [0.15, 0.2) is 58.1 Å². The minimum absolute atomic E-state index is 0.392. The first-order valence-corrected chi connectivity index (χ1v) is 10.4. The molecule has 0 radical (unpaired) electrons. The molecular weight excluding hydrogens is 606 g/mol. The predicted molar refractivity (Wildman–Crippen MR) is 104 cm³/mol. The summed E-state index contributed by atoms with van der Waals surface area (Å²) < 4.78 is 228. The Kier molecular flexibility index (Phi) is 7.20. The van der Waals surface area contributed by atoms with Crippen LogP contribution in [0.5, 0.6) is 6.08 Å². The lowest BCUT2D eigenvalue weighted by Crippen LogP contribution is -2.77. The third-order valence-electron chi connectivity index (χ3n) is 5.88. The van der Waals surface area contributed by atoms with Gasteiger partial charge in [-0.25, -0.2) is 65.9 Å². The van der Waals surface area contributed by atoms with Gasteiger partial charge < -0.3 is 9.07 Å². The van der Waals surface area contributed by atoms with E-state index < -0.39 is 122 Å². The molecule has 0 aliphatic heterocycles. The Bertz CT molecular complexity index is 1500. The van der Waals surface area contributed by atoms with E-state index in [4.69, 9.17) is 9.07 Å². The molecule has 0 amide bonds. The maximum absolute atomic E-state index is 15.2. The van der Waals surface area contributed by atoms with Crippen LogP contribution in [0.2, 0.25) is 0 Å². The Morgan fingerprint density at radius 2 is 0.707 bits per heavy atom. The van der Waals surface area contributed by atoms with Crippen LogP contribution in [-0.4, -0.2) is 6.35 Å². The summed E-state index contributed by atoms with van der Waals surface area (Å²) >= 11 is 0. The van der Waals surface area contributed by atoms with Gasteiger partial charge in [0.2, 0.25) is 6.20 Å². The van der Waals surface area contributed by atoms with Gasteiger partial charge in [0.1, 0.15) is 34.9 Å². The van der Waals surface area contributed by atoms with Gasteiger partial charge in [0.25, 0.3) is 6.35 Å². The SMILES string of the molecule is Cc1c[nH+]c(O[B-](c2c(F)c(F)c(F)c(F)c2F)(c2c(F)c(F)c(F)c(F)c2F)c2c(F)c(F)c(F)c(F)c2F)o1. The van der Waals surface area contributed by atoms with Crippen LogP contribution < -0.4 is 26.0 Å². The van der Waals surface area contributed by atoms with Crippen LogP contribution in [-0.2, 0) is 0 Å². The highest BCUT2D eigenvalue weighted by Crippen LogP contribution is 2.29. The van der Waals surface area contributed by atoms with Gasteiger partial charge in [-0.2, -0.15) is 0 Å². The molecule has 4 rings (SSSR count). The van der Waals surface area contributed by atoms with Crippen LogP contribution in [0.25, 0.3) is 0 Å². The van der Waals surface area contributed by atoms with Crippen LogP contribution in [0, 0.1) is 94.2 Å². The fraction of sp³-hybridized carbons (Fsp3) is 0.0455. The molecule has 0 spiro atoms. The van der Waals surface area contributed by atoms with Crippen molar-refractivity contribution in [2.24, 2.45) is 0 Å². The number of hydrogen-bond acceptors (Lipinski definition) is 2. The second kappa shape index (κ2) is 9.95. The monoisotopic (exact) mass is 611 g/mol. The number of benzene rings is 3. The molecule has 0 saturated carbocycles. The van der Waals surface area contributed by atoms with E-state index in [-0.39, 0.29) is 0 Å². The van der Waals surface area contributed by atoms with Gasteiger partial charge in [-0.15, -0.1) is 4.98 Å². The summed E-state index contributed by atoms with van der Waals surface area (Å²) in [5.74, 6) is -47.6. The zero-order valence-electron chi connectivity index (χ0n) is 19.1. The summed E-state index contributed by atoms with van der Waals surface area (Å²) in [4.78, 5) is 1.82. The molecular formula is C22H5BF15NO2. The molecule has 218 valence electrons. The van der Waals surface area contributed by atoms with E-state index in [9.17, 15) is 39.5 Å². The Morgan fingerprint density at radius 1 is 0.463 bits per heavy atom. The molecule has 41 heavy (non-hydrogen) atoms. The highest BCUT2D eigenvalue weighted by Gasteiger charge is 2.52. The van der Waals surface area contributed by atoms with E-state index in [1.807, 2.05) is 4.98 Å². The summed E-state index contributed by atoms with van der Waals surface area (Å²) in [6.45, 7) is 1.01. The zero-order chi connectivity index (χ0) is 30.9.